The summed E-state index contributed by atoms with van der Waals surface area (Å²) >= 11 is 0. The predicted octanol–water partition coefficient (Wildman–Crippen LogP) is 2.69. The third kappa shape index (κ3) is 4.72. The Morgan fingerprint density at radius 2 is 2.00 bits per heavy atom. The summed E-state index contributed by atoms with van der Waals surface area (Å²) < 4.78 is 34.6. The lowest BCUT2D eigenvalue weighted by molar-refractivity contribution is -0.0514. The van der Waals surface area contributed by atoms with Crippen LogP contribution >= 0.6 is 0 Å². The number of nitrogens with one attached hydrogen (secondary N) is 2. The SMILES string of the molecule is CCOc1cc(/C=N\NC(=O)c2n[nH]c(=O)c3ccccc23)ccc1OC(F)F. The third-order valence-corrected chi connectivity index (χ3v) is 3.77. The van der Waals surface area contributed by atoms with Crippen LogP contribution in [0, 0.1) is 0 Å². The lowest BCUT2D eigenvalue weighted by atomic mass is 10.1. The molecule has 0 atom stereocenters. The van der Waals surface area contributed by atoms with Gasteiger partial charge in [-0.2, -0.15) is 19.0 Å². The van der Waals surface area contributed by atoms with Gasteiger partial charge in [0.05, 0.1) is 18.2 Å². The van der Waals surface area contributed by atoms with Crippen molar-refractivity contribution in [2.75, 3.05) is 6.61 Å². The fourth-order valence-corrected chi connectivity index (χ4v) is 2.57. The van der Waals surface area contributed by atoms with Crippen molar-refractivity contribution in [3.63, 3.8) is 0 Å². The number of amides is 1. The van der Waals surface area contributed by atoms with E-state index in [1.54, 1.807) is 31.2 Å². The lowest BCUT2D eigenvalue weighted by Gasteiger charge is -2.11. The molecule has 10 heteroatoms. The Bertz CT molecular complexity index is 1110. The van der Waals surface area contributed by atoms with Crippen molar-refractivity contribution in [3.8, 4) is 11.5 Å². The summed E-state index contributed by atoms with van der Waals surface area (Å²) in [5.74, 6) is -0.611. The minimum atomic E-state index is -2.98. The van der Waals surface area contributed by atoms with Crippen LogP contribution in [0.2, 0.25) is 0 Å². The topological polar surface area (TPSA) is 106 Å². The number of aromatic nitrogens is 2. The van der Waals surface area contributed by atoms with Gasteiger partial charge in [0.25, 0.3) is 11.5 Å². The molecule has 29 heavy (non-hydrogen) atoms. The van der Waals surface area contributed by atoms with E-state index >= 15 is 0 Å². The quantitative estimate of drug-likeness (QED) is 0.467. The highest BCUT2D eigenvalue weighted by atomic mass is 19.3. The first-order valence-corrected chi connectivity index (χ1v) is 8.52. The lowest BCUT2D eigenvalue weighted by Crippen LogP contribution is -2.22. The number of aromatic amines is 1. The third-order valence-electron chi connectivity index (χ3n) is 3.77. The number of hydrogen-bond donors (Lipinski definition) is 2. The van der Waals surface area contributed by atoms with E-state index in [1.165, 1.54) is 24.4 Å². The molecule has 0 saturated carbocycles. The van der Waals surface area contributed by atoms with Crippen LogP contribution in [0.25, 0.3) is 10.8 Å². The smallest absolute Gasteiger partial charge is 0.387 e. The summed E-state index contributed by atoms with van der Waals surface area (Å²) in [4.78, 5) is 24.2. The largest absolute Gasteiger partial charge is 0.490 e. The number of fused-ring (bicyclic) bond motifs is 1. The van der Waals surface area contributed by atoms with E-state index in [0.717, 1.165) is 0 Å². The second kappa shape index (κ2) is 8.91. The van der Waals surface area contributed by atoms with Crippen LogP contribution in [-0.2, 0) is 0 Å². The molecule has 3 rings (SSSR count). The van der Waals surface area contributed by atoms with Crippen LogP contribution in [0.3, 0.4) is 0 Å². The number of benzene rings is 2. The summed E-state index contributed by atoms with van der Waals surface area (Å²) in [5, 5.41) is 10.6. The molecular formula is C19H16F2N4O4. The Morgan fingerprint density at radius 1 is 1.24 bits per heavy atom. The predicted molar refractivity (Wildman–Crippen MR) is 102 cm³/mol. The number of rotatable bonds is 7. The molecule has 2 N–H and O–H groups in total. The van der Waals surface area contributed by atoms with Gasteiger partial charge in [-0.3, -0.25) is 9.59 Å². The van der Waals surface area contributed by atoms with Gasteiger partial charge in [-0.25, -0.2) is 10.5 Å². The minimum absolute atomic E-state index is 0.00744. The Hall–Kier alpha value is -3.82. The molecule has 0 aliphatic carbocycles. The molecule has 0 radical (unpaired) electrons. The van der Waals surface area contributed by atoms with Crippen molar-refractivity contribution < 1.29 is 23.0 Å². The number of ether oxygens (including phenoxy) is 2. The van der Waals surface area contributed by atoms with Crippen molar-refractivity contribution in [2.24, 2.45) is 5.10 Å². The fourth-order valence-electron chi connectivity index (χ4n) is 2.57. The average Bonchev–Trinajstić information content (AvgIpc) is 2.70. The zero-order valence-electron chi connectivity index (χ0n) is 15.2. The van der Waals surface area contributed by atoms with Crippen LogP contribution in [0.4, 0.5) is 8.78 Å². The highest BCUT2D eigenvalue weighted by Gasteiger charge is 2.14. The summed E-state index contributed by atoms with van der Waals surface area (Å²) in [6.45, 7) is -1.02. The van der Waals surface area contributed by atoms with E-state index in [0.29, 0.717) is 16.3 Å². The number of hydrazone groups is 1. The Balaban J connectivity index is 1.78. The van der Waals surface area contributed by atoms with Crippen LogP contribution < -0.4 is 20.5 Å². The molecular weight excluding hydrogens is 386 g/mol. The van der Waals surface area contributed by atoms with E-state index in [1.807, 2.05) is 0 Å². The van der Waals surface area contributed by atoms with Gasteiger partial charge in [-0.05, 0) is 36.8 Å². The molecule has 8 nitrogen and oxygen atoms in total. The van der Waals surface area contributed by atoms with Gasteiger partial charge in [-0.15, -0.1) is 0 Å². The highest BCUT2D eigenvalue weighted by Crippen LogP contribution is 2.29. The molecule has 0 unspecified atom stereocenters. The second-order valence-corrected chi connectivity index (χ2v) is 5.66. The number of alkyl halides is 2. The van der Waals surface area contributed by atoms with Crippen molar-refractivity contribution in [2.45, 2.75) is 13.5 Å². The summed E-state index contributed by atoms with van der Waals surface area (Å²) in [6.07, 6.45) is 1.31. The van der Waals surface area contributed by atoms with Gasteiger partial charge < -0.3 is 9.47 Å². The molecule has 150 valence electrons. The summed E-state index contributed by atoms with van der Waals surface area (Å²) in [6, 6.07) is 10.8. The molecule has 3 aromatic rings. The number of nitrogens with zero attached hydrogens (tertiary/aromatic N) is 2. The standard InChI is InChI=1S/C19H16F2N4O4/c1-2-28-15-9-11(7-8-14(15)29-19(20)21)10-22-24-18(27)16-12-5-3-4-6-13(12)17(26)25-23-16/h3-10,19H,2H2,1H3,(H,24,27)(H,25,26)/b22-10-. The highest BCUT2D eigenvalue weighted by molar-refractivity contribution is 6.04. The van der Waals surface area contributed by atoms with Gasteiger partial charge >= 0.3 is 6.61 Å². The van der Waals surface area contributed by atoms with Crippen LogP contribution in [0.5, 0.6) is 11.5 Å². The summed E-state index contributed by atoms with van der Waals surface area (Å²) in [7, 11) is 0. The first kappa shape index (κ1) is 19.9. The van der Waals surface area contributed by atoms with Gasteiger partial charge in [0.2, 0.25) is 0 Å². The number of halogens is 2. The fraction of sp³-hybridized carbons (Fsp3) is 0.158. The molecule has 1 heterocycles. The molecule has 1 aromatic heterocycles. The molecule has 1 amide bonds. The minimum Gasteiger partial charge on any atom is -0.490 e. The van der Waals surface area contributed by atoms with Crippen LogP contribution in [-0.4, -0.2) is 35.5 Å². The zero-order chi connectivity index (χ0) is 20.8. The maximum atomic E-state index is 12.5. The second-order valence-electron chi connectivity index (χ2n) is 5.66. The number of H-pyrrole nitrogens is 1. The van der Waals surface area contributed by atoms with Gasteiger partial charge in [0, 0.05) is 5.39 Å². The molecule has 0 saturated heterocycles. The van der Waals surface area contributed by atoms with Crippen LogP contribution in [0.15, 0.2) is 52.4 Å². The number of carbonyl (C=O) groups excluding carboxylic acids is 1. The Morgan fingerprint density at radius 3 is 2.72 bits per heavy atom. The first-order chi connectivity index (χ1) is 14.0. The Labute approximate surface area is 163 Å². The van der Waals surface area contributed by atoms with E-state index in [4.69, 9.17) is 4.74 Å². The number of carbonyl (C=O) groups is 1. The number of hydrogen-bond acceptors (Lipinski definition) is 6. The molecule has 0 bridgehead atoms. The van der Waals surface area contributed by atoms with Gasteiger partial charge in [0.1, 0.15) is 0 Å². The van der Waals surface area contributed by atoms with Crippen molar-refractivity contribution in [3.05, 3.63) is 64.1 Å². The van der Waals surface area contributed by atoms with Crippen molar-refractivity contribution in [1.82, 2.24) is 15.6 Å². The first-order valence-electron chi connectivity index (χ1n) is 8.52. The maximum absolute atomic E-state index is 12.5. The normalized spacial score (nSPS) is 11.2. The molecule has 0 spiro atoms. The monoisotopic (exact) mass is 402 g/mol. The van der Waals surface area contributed by atoms with E-state index in [2.05, 4.69) is 25.5 Å². The van der Waals surface area contributed by atoms with E-state index in [9.17, 15) is 18.4 Å². The van der Waals surface area contributed by atoms with Crippen molar-refractivity contribution >= 4 is 22.9 Å². The zero-order valence-corrected chi connectivity index (χ0v) is 15.2. The molecule has 0 fully saturated rings. The van der Waals surface area contributed by atoms with Crippen molar-refractivity contribution in [1.29, 1.82) is 0 Å². The van der Waals surface area contributed by atoms with E-state index in [-0.39, 0.29) is 23.8 Å². The van der Waals surface area contributed by atoms with Gasteiger partial charge in [0.15, 0.2) is 17.2 Å². The van der Waals surface area contributed by atoms with Gasteiger partial charge in [-0.1, -0.05) is 18.2 Å². The molecule has 0 aliphatic heterocycles. The average molecular weight is 402 g/mol. The molecule has 0 aliphatic rings. The summed E-state index contributed by atoms with van der Waals surface area (Å²) in [5.41, 5.74) is 2.39. The maximum Gasteiger partial charge on any atom is 0.387 e. The van der Waals surface area contributed by atoms with E-state index < -0.39 is 18.1 Å². The Kier molecular flexibility index (Phi) is 6.12. The molecule has 2 aromatic carbocycles. The van der Waals surface area contributed by atoms with Crippen LogP contribution in [0.1, 0.15) is 23.0 Å².